The first-order valence-corrected chi connectivity index (χ1v) is 14.4. The third-order valence-electron chi connectivity index (χ3n) is 8.60. The zero-order valence-corrected chi connectivity index (χ0v) is 24.1. The van der Waals surface area contributed by atoms with Crippen molar-refractivity contribution in [1.82, 2.24) is 25.1 Å². The Morgan fingerprint density at radius 3 is 2.45 bits per heavy atom. The van der Waals surface area contributed by atoms with Crippen LogP contribution < -0.4 is 0 Å². The van der Waals surface area contributed by atoms with Gasteiger partial charge in [-0.2, -0.15) is 17.9 Å². The molecule has 1 saturated heterocycles. The predicted octanol–water partition coefficient (Wildman–Crippen LogP) is 6.16. The largest absolute Gasteiger partial charge is 0.453 e. The number of aromatic nitrogens is 4. The molecule has 1 saturated carbocycles. The van der Waals surface area contributed by atoms with Crippen LogP contribution in [0.5, 0.6) is 0 Å². The highest BCUT2D eigenvalue weighted by Gasteiger charge is 2.48. The topological polar surface area (TPSA) is 65.3 Å². The summed E-state index contributed by atoms with van der Waals surface area (Å²) in [6, 6.07) is 13.2. The summed E-state index contributed by atoms with van der Waals surface area (Å²) in [5.74, 6) is -0.227. The summed E-state index contributed by atoms with van der Waals surface area (Å²) in [4.78, 5) is 2.48. The quantitative estimate of drug-likeness (QED) is 0.333. The number of nitrogens with zero attached hydrogens (tertiary/aromatic N) is 5. The maximum Gasteiger partial charge on any atom is 0.453 e. The lowest BCUT2D eigenvalue weighted by Gasteiger charge is -2.33. The van der Waals surface area contributed by atoms with Crippen molar-refractivity contribution < 1.29 is 27.0 Å². The van der Waals surface area contributed by atoms with Crippen LogP contribution in [0.2, 0.25) is 0 Å². The van der Waals surface area contributed by atoms with Crippen LogP contribution in [-0.2, 0) is 15.7 Å². The van der Waals surface area contributed by atoms with Crippen LogP contribution in [0.4, 0.5) is 17.6 Å². The van der Waals surface area contributed by atoms with Gasteiger partial charge in [-0.05, 0) is 88.1 Å². The summed E-state index contributed by atoms with van der Waals surface area (Å²) >= 11 is 0. The molecule has 1 aromatic heterocycles. The number of benzene rings is 2. The number of alkyl halides is 3. The highest BCUT2D eigenvalue weighted by atomic mass is 19.4. The van der Waals surface area contributed by atoms with E-state index in [0.717, 1.165) is 67.1 Å². The molecule has 3 aliphatic rings. The normalized spacial score (nSPS) is 24.6. The van der Waals surface area contributed by atoms with Gasteiger partial charge in [-0.3, -0.25) is 4.90 Å². The summed E-state index contributed by atoms with van der Waals surface area (Å²) in [5.41, 5.74) is 2.95. The summed E-state index contributed by atoms with van der Waals surface area (Å²) in [6.45, 7) is 11.5. The van der Waals surface area contributed by atoms with Crippen LogP contribution in [0.3, 0.4) is 0 Å². The maximum atomic E-state index is 13.4. The number of halogens is 4. The number of hydrogen-bond acceptors (Lipinski definition) is 6. The Hall–Kier alpha value is -3.15. The molecule has 6 rings (SSSR count). The van der Waals surface area contributed by atoms with Gasteiger partial charge in [-0.25, -0.2) is 4.39 Å². The van der Waals surface area contributed by atoms with E-state index < -0.39 is 12.0 Å². The highest BCUT2D eigenvalue weighted by Crippen LogP contribution is 2.49. The first-order valence-electron chi connectivity index (χ1n) is 14.4. The standard InChI is InChI=1S/C25H32F3N5O2.C6H5F/c1-16(2)21-5-4-20(33-23(25(26,27)28)29-30-31-33)12-22(21)19-13-24(35-15-19)7-6-18(17(24)3)14-32-8-10-34-11-9-32;7-6-4-2-1-3-5-6/h4-5,12-13,16-18H,6-11,14-15H2,1-3H3;1-5H/t17?,18?,24-;/m1./s1. The van der Waals surface area contributed by atoms with Crippen LogP contribution in [0.15, 0.2) is 54.6 Å². The minimum Gasteiger partial charge on any atom is -0.379 e. The molecule has 226 valence electrons. The Bertz CT molecular complexity index is 1370. The molecule has 42 heavy (non-hydrogen) atoms. The van der Waals surface area contributed by atoms with Gasteiger partial charge >= 0.3 is 6.18 Å². The van der Waals surface area contributed by atoms with E-state index in [9.17, 15) is 17.6 Å². The molecule has 3 aromatic rings. The molecule has 2 fully saturated rings. The highest BCUT2D eigenvalue weighted by molar-refractivity contribution is 5.74. The molecule has 1 spiro atoms. The number of hydrogen-bond donors (Lipinski definition) is 0. The van der Waals surface area contributed by atoms with E-state index in [4.69, 9.17) is 9.47 Å². The van der Waals surface area contributed by atoms with Crippen molar-refractivity contribution in [2.45, 2.75) is 51.3 Å². The molecule has 2 aromatic carbocycles. The van der Waals surface area contributed by atoms with Gasteiger partial charge in [0.15, 0.2) is 0 Å². The van der Waals surface area contributed by atoms with Gasteiger partial charge in [-0.1, -0.05) is 45.0 Å². The molecule has 0 bridgehead atoms. The maximum absolute atomic E-state index is 13.4. The number of morpholine rings is 1. The van der Waals surface area contributed by atoms with Crippen molar-refractivity contribution in [2.75, 3.05) is 39.5 Å². The van der Waals surface area contributed by atoms with Crippen molar-refractivity contribution in [2.24, 2.45) is 11.8 Å². The minimum absolute atomic E-state index is 0.178. The number of ether oxygens (including phenoxy) is 2. The van der Waals surface area contributed by atoms with Crippen molar-refractivity contribution in [3.05, 3.63) is 77.4 Å². The van der Waals surface area contributed by atoms with Crippen LogP contribution >= 0.6 is 0 Å². The lowest BCUT2D eigenvalue weighted by Crippen LogP contribution is -2.41. The van der Waals surface area contributed by atoms with Gasteiger partial charge < -0.3 is 9.47 Å². The number of tetrazole rings is 1. The third kappa shape index (κ3) is 6.58. The van der Waals surface area contributed by atoms with Gasteiger partial charge in [0.05, 0.1) is 31.1 Å². The van der Waals surface area contributed by atoms with Crippen LogP contribution in [0.25, 0.3) is 11.3 Å². The lowest BCUT2D eigenvalue weighted by molar-refractivity contribution is -0.146. The van der Waals surface area contributed by atoms with Gasteiger partial charge in [0.25, 0.3) is 5.82 Å². The summed E-state index contributed by atoms with van der Waals surface area (Å²) < 4.78 is 64.9. The van der Waals surface area contributed by atoms with Crippen molar-refractivity contribution in [3.63, 3.8) is 0 Å². The smallest absolute Gasteiger partial charge is 0.379 e. The van der Waals surface area contributed by atoms with Crippen molar-refractivity contribution in [1.29, 1.82) is 0 Å². The fraction of sp³-hybridized carbons (Fsp3) is 0.516. The fourth-order valence-electron chi connectivity index (χ4n) is 6.22. The molecule has 0 radical (unpaired) electrons. The summed E-state index contributed by atoms with van der Waals surface area (Å²) in [5, 5.41) is 10.1. The third-order valence-corrected chi connectivity index (χ3v) is 8.60. The van der Waals surface area contributed by atoms with Gasteiger partial charge in [0.1, 0.15) is 5.82 Å². The molecule has 0 amide bonds. The molecule has 2 aliphatic heterocycles. The molecular formula is C31H37F4N5O2. The Balaban J connectivity index is 0.000000442. The average Bonchev–Trinajstić information content (AvgIpc) is 3.71. The second kappa shape index (κ2) is 12.6. The number of rotatable bonds is 5. The lowest BCUT2D eigenvalue weighted by atomic mass is 9.85. The zero-order chi connectivity index (χ0) is 29.9. The average molecular weight is 588 g/mol. The van der Waals surface area contributed by atoms with E-state index in [1.807, 2.05) is 6.07 Å². The van der Waals surface area contributed by atoms with Crippen molar-refractivity contribution >= 4 is 5.57 Å². The predicted molar refractivity (Wildman–Crippen MR) is 150 cm³/mol. The Morgan fingerprint density at radius 1 is 1.07 bits per heavy atom. The molecular weight excluding hydrogens is 550 g/mol. The second-order valence-electron chi connectivity index (χ2n) is 11.5. The monoisotopic (exact) mass is 587 g/mol. The minimum atomic E-state index is -4.64. The fourth-order valence-corrected chi connectivity index (χ4v) is 6.22. The Kier molecular flexibility index (Phi) is 9.10. The van der Waals surface area contributed by atoms with Crippen molar-refractivity contribution in [3.8, 4) is 5.69 Å². The molecule has 3 heterocycles. The van der Waals surface area contributed by atoms with E-state index in [-0.39, 0.29) is 23.0 Å². The molecule has 11 heteroatoms. The van der Waals surface area contributed by atoms with E-state index in [1.165, 1.54) is 12.1 Å². The van der Waals surface area contributed by atoms with E-state index in [1.54, 1.807) is 30.3 Å². The molecule has 3 atom stereocenters. The Labute approximate surface area is 243 Å². The molecule has 0 N–H and O–H groups in total. The van der Waals surface area contributed by atoms with E-state index in [2.05, 4.69) is 47.3 Å². The summed E-state index contributed by atoms with van der Waals surface area (Å²) in [6.07, 6.45) is -0.352. The van der Waals surface area contributed by atoms with Crippen LogP contribution in [-0.4, -0.2) is 70.2 Å². The van der Waals surface area contributed by atoms with Gasteiger partial charge in [-0.15, -0.1) is 5.10 Å². The summed E-state index contributed by atoms with van der Waals surface area (Å²) in [7, 11) is 0. The van der Waals surface area contributed by atoms with Crippen LogP contribution in [0.1, 0.15) is 56.5 Å². The molecule has 7 nitrogen and oxygen atoms in total. The van der Waals surface area contributed by atoms with Gasteiger partial charge in [0, 0.05) is 19.6 Å². The van der Waals surface area contributed by atoms with E-state index in [0.29, 0.717) is 18.4 Å². The molecule has 1 aliphatic carbocycles. The van der Waals surface area contributed by atoms with Crippen LogP contribution in [0, 0.1) is 17.7 Å². The van der Waals surface area contributed by atoms with E-state index >= 15 is 0 Å². The SMILES string of the molecule is CC(C)c1ccc(-n2nnnc2C(F)(F)F)cc1C1=C[C@@]2(CCC(CN3CCOCC3)C2C)OC1.Fc1ccccc1. The second-order valence-corrected chi connectivity index (χ2v) is 11.5. The van der Waals surface area contributed by atoms with Gasteiger partial charge in [0.2, 0.25) is 0 Å². The zero-order valence-electron chi connectivity index (χ0n) is 24.1. The Morgan fingerprint density at radius 2 is 1.81 bits per heavy atom. The molecule has 2 unspecified atom stereocenters. The first kappa shape index (κ1) is 30.3. The first-order chi connectivity index (χ1) is 20.1.